The van der Waals surface area contributed by atoms with Gasteiger partial charge in [0.05, 0.1) is 12.1 Å². The average molecular weight is 432 g/mol. The lowest BCUT2D eigenvalue weighted by Crippen LogP contribution is -2.53. The molecule has 7 heteroatoms. The van der Waals surface area contributed by atoms with Crippen LogP contribution in [0.4, 0.5) is 4.39 Å². The van der Waals surface area contributed by atoms with Gasteiger partial charge in [-0.05, 0) is 62.2 Å². The first-order chi connectivity index (χ1) is 14.7. The van der Waals surface area contributed by atoms with Crippen LogP contribution in [0.3, 0.4) is 0 Å². The van der Waals surface area contributed by atoms with Crippen LogP contribution in [0.2, 0.25) is 0 Å². The number of fused-ring (bicyclic) bond motifs is 1. The normalized spacial score (nSPS) is 23.5. The summed E-state index contributed by atoms with van der Waals surface area (Å²) in [6.07, 6.45) is 0.256. The van der Waals surface area contributed by atoms with Crippen LogP contribution in [0.1, 0.15) is 43.2 Å². The number of likely N-dealkylation sites (tertiary alicyclic amines) is 1. The highest BCUT2D eigenvalue weighted by molar-refractivity contribution is 5.94. The largest absolute Gasteiger partial charge is 0.490 e. The number of halogens is 1. The minimum absolute atomic E-state index is 0. The lowest BCUT2D eigenvalue weighted by molar-refractivity contribution is -0.0439. The first kappa shape index (κ1) is 21.7. The second-order valence-electron chi connectivity index (χ2n) is 8.90. The fourth-order valence-electron chi connectivity index (χ4n) is 4.19. The second-order valence-corrected chi connectivity index (χ2v) is 8.90. The Morgan fingerprint density at radius 1 is 1.32 bits per heavy atom. The summed E-state index contributed by atoms with van der Waals surface area (Å²) in [5.74, 6) is 0.258. The van der Waals surface area contributed by atoms with Crippen molar-refractivity contribution in [3.8, 4) is 5.75 Å². The smallest absolute Gasteiger partial charge is 0.253 e. The van der Waals surface area contributed by atoms with Gasteiger partial charge in [0.25, 0.3) is 5.91 Å². The van der Waals surface area contributed by atoms with Crippen LogP contribution in [-0.4, -0.2) is 54.1 Å². The molecule has 2 aliphatic heterocycles. The molecule has 2 fully saturated rings. The Hall–Kier alpha value is -2.48. The van der Waals surface area contributed by atoms with Crippen molar-refractivity contribution in [3.63, 3.8) is 0 Å². The zero-order valence-corrected chi connectivity index (χ0v) is 18.1. The molecule has 2 saturated heterocycles. The highest BCUT2D eigenvalue weighted by atomic mass is 19.1. The van der Waals surface area contributed by atoms with Crippen LogP contribution in [0, 0.1) is 12.7 Å². The van der Waals surface area contributed by atoms with Crippen molar-refractivity contribution in [1.82, 2.24) is 4.90 Å². The van der Waals surface area contributed by atoms with E-state index in [0.29, 0.717) is 30.8 Å². The number of aliphatic hydroxyl groups is 1. The zero-order valence-electron chi connectivity index (χ0n) is 18.1. The Kier molecular flexibility index (Phi) is 5.77. The van der Waals surface area contributed by atoms with Gasteiger partial charge >= 0.3 is 0 Å². The van der Waals surface area contributed by atoms with E-state index in [-0.39, 0.29) is 32.7 Å². The third-order valence-corrected chi connectivity index (χ3v) is 5.87. The number of amides is 1. The highest BCUT2D eigenvalue weighted by Gasteiger charge is 2.51. The van der Waals surface area contributed by atoms with Crippen molar-refractivity contribution in [2.75, 3.05) is 26.5 Å². The van der Waals surface area contributed by atoms with Crippen molar-refractivity contribution < 1.29 is 29.9 Å². The van der Waals surface area contributed by atoms with Gasteiger partial charge in [-0.25, -0.2) is 4.39 Å². The van der Waals surface area contributed by atoms with E-state index in [1.165, 1.54) is 12.1 Å². The summed E-state index contributed by atoms with van der Waals surface area (Å²) < 4.78 is 30.8. The quantitative estimate of drug-likeness (QED) is 0.783. The molecule has 0 radical (unpaired) electrons. The van der Waals surface area contributed by atoms with Crippen molar-refractivity contribution in [2.24, 2.45) is 0 Å². The predicted molar refractivity (Wildman–Crippen MR) is 115 cm³/mol. The highest BCUT2D eigenvalue weighted by Crippen LogP contribution is 2.42. The summed E-state index contributed by atoms with van der Waals surface area (Å²) in [6.45, 7) is 6.45. The monoisotopic (exact) mass is 431 g/mol. The zero-order chi connectivity index (χ0) is 22.2. The van der Waals surface area contributed by atoms with Crippen molar-refractivity contribution >= 4 is 5.91 Å². The van der Waals surface area contributed by atoms with Crippen LogP contribution in [-0.2, 0) is 15.1 Å². The molecule has 2 aromatic carbocycles. The number of ether oxygens (including phenoxy) is 3. The molecular weight excluding hydrogens is 401 g/mol. The average Bonchev–Trinajstić information content (AvgIpc) is 3.16. The Morgan fingerprint density at radius 3 is 2.74 bits per heavy atom. The van der Waals surface area contributed by atoms with Crippen LogP contribution >= 0.6 is 0 Å². The number of piperidine rings is 1. The first-order valence-electron chi connectivity index (χ1n) is 10.4. The number of hydrogen-bond acceptors (Lipinski definition) is 5. The molecule has 0 spiro atoms. The molecule has 0 aromatic heterocycles. The van der Waals surface area contributed by atoms with Crippen LogP contribution in [0.15, 0.2) is 42.5 Å². The molecule has 2 aliphatic rings. The standard InChI is InChI=1S/C24H28FNO5.H2/c1-16-12-17(4-9-20(16)29-14-23(2,3)28)22(27)26-11-10-24(21(13-26)30-15-31-24)18-5-7-19(25)8-6-18;/h4-9,12,21,28H,10-11,13-15H2,1-3H3;1H/t21?,24-;/m0./s1. The fourth-order valence-corrected chi connectivity index (χ4v) is 4.19. The number of aryl methyl sites for hydroxylation is 1. The molecule has 1 N–H and O–H groups in total. The summed E-state index contributed by atoms with van der Waals surface area (Å²) in [6, 6.07) is 11.6. The van der Waals surface area contributed by atoms with Gasteiger partial charge in [0, 0.05) is 20.0 Å². The number of nitrogens with zero attached hydrogens (tertiary/aromatic N) is 1. The minimum atomic E-state index is -0.935. The van der Waals surface area contributed by atoms with Gasteiger partial charge in [-0.3, -0.25) is 4.79 Å². The summed E-state index contributed by atoms with van der Waals surface area (Å²) in [5.41, 5.74) is 0.673. The summed E-state index contributed by atoms with van der Waals surface area (Å²) >= 11 is 0. The van der Waals surface area contributed by atoms with Gasteiger partial charge in [0.15, 0.2) is 0 Å². The van der Waals surface area contributed by atoms with E-state index in [1.807, 2.05) is 6.92 Å². The SMILES string of the molecule is Cc1cc(C(=O)N2CC[C@@]3(c4ccc(F)cc4)OCOC3C2)ccc1OCC(C)(C)O.[HH]. The molecule has 1 unspecified atom stereocenters. The number of carbonyl (C=O) groups excluding carboxylic acids is 1. The molecule has 0 bridgehead atoms. The van der Waals surface area contributed by atoms with E-state index in [0.717, 1.165) is 11.1 Å². The van der Waals surface area contributed by atoms with Gasteiger partial charge < -0.3 is 24.2 Å². The molecule has 1 amide bonds. The van der Waals surface area contributed by atoms with E-state index >= 15 is 0 Å². The van der Waals surface area contributed by atoms with Crippen LogP contribution in [0.5, 0.6) is 5.75 Å². The Morgan fingerprint density at radius 2 is 2.06 bits per heavy atom. The summed E-state index contributed by atoms with van der Waals surface area (Å²) in [7, 11) is 0. The number of hydrogen-bond donors (Lipinski definition) is 1. The Balaban J connectivity index is 0.00000289. The number of carbonyl (C=O) groups is 1. The second kappa shape index (κ2) is 8.22. The molecule has 0 aliphatic carbocycles. The molecular formula is C24H30FNO5. The van der Waals surface area contributed by atoms with E-state index in [2.05, 4.69) is 0 Å². The van der Waals surface area contributed by atoms with Crippen LogP contribution < -0.4 is 4.74 Å². The number of benzene rings is 2. The molecule has 4 rings (SSSR count). The third kappa shape index (κ3) is 4.44. The fraction of sp³-hybridized carbons (Fsp3) is 0.458. The van der Waals surface area contributed by atoms with Crippen LogP contribution in [0.25, 0.3) is 0 Å². The molecule has 6 nitrogen and oxygen atoms in total. The topological polar surface area (TPSA) is 68.2 Å². The summed E-state index contributed by atoms with van der Waals surface area (Å²) in [5, 5.41) is 9.85. The summed E-state index contributed by atoms with van der Waals surface area (Å²) in [4.78, 5) is 14.9. The lowest BCUT2D eigenvalue weighted by Gasteiger charge is -2.42. The maximum absolute atomic E-state index is 13.4. The minimum Gasteiger partial charge on any atom is -0.490 e. The van der Waals surface area contributed by atoms with Gasteiger partial charge in [0.2, 0.25) is 0 Å². The van der Waals surface area contributed by atoms with Gasteiger partial charge in [0.1, 0.15) is 36.7 Å². The molecule has 2 aromatic rings. The third-order valence-electron chi connectivity index (χ3n) is 5.87. The maximum atomic E-state index is 13.4. The van der Waals surface area contributed by atoms with Crippen molar-refractivity contribution in [3.05, 3.63) is 65.0 Å². The van der Waals surface area contributed by atoms with E-state index in [1.54, 1.807) is 49.1 Å². The van der Waals surface area contributed by atoms with Gasteiger partial charge in [-0.1, -0.05) is 12.1 Å². The van der Waals surface area contributed by atoms with E-state index in [4.69, 9.17) is 14.2 Å². The Labute approximate surface area is 183 Å². The molecule has 2 atom stereocenters. The maximum Gasteiger partial charge on any atom is 0.253 e. The molecule has 2 heterocycles. The van der Waals surface area contributed by atoms with Crippen molar-refractivity contribution in [1.29, 1.82) is 0 Å². The number of rotatable bonds is 5. The molecule has 0 saturated carbocycles. The van der Waals surface area contributed by atoms with E-state index in [9.17, 15) is 14.3 Å². The first-order valence-corrected chi connectivity index (χ1v) is 10.4. The van der Waals surface area contributed by atoms with Gasteiger partial charge in [-0.15, -0.1) is 0 Å². The predicted octanol–water partition coefficient (Wildman–Crippen LogP) is 3.64. The molecule has 31 heavy (non-hydrogen) atoms. The van der Waals surface area contributed by atoms with E-state index < -0.39 is 11.2 Å². The van der Waals surface area contributed by atoms with Crippen molar-refractivity contribution in [2.45, 2.75) is 44.5 Å². The molecule has 168 valence electrons. The Bertz CT molecular complexity index is 962. The lowest BCUT2D eigenvalue weighted by atomic mass is 9.82. The van der Waals surface area contributed by atoms with Gasteiger partial charge in [-0.2, -0.15) is 0 Å².